The number of halogens is 1. The van der Waals surface area contributed by atoms with Crippen molar-refractivity contribution in [3.8, 4) is 0 Å². The third kappa shape index (κ3) is 6.56. The van der Waals surface area contributed by atoms with Gasteiger partial charge in [-0.3, -0.25) is 0 Å². The second kappa shape index (κ2) is 11.9. The van der Waals surface area contributed by atoms with Crippen molar-refractivity contribution in [3.63, 3.8) is 0 Å². The van der Waals surface area contributed by atoms with E-state index in [4.69, 9.17) is 9.15 Å². The lowest BCUT2D eigenvalue weighted by atomic mass is 9.79. The van der Waals surface area contributed by atoms with E-state index in [2.05, 4.69) is 19.6 Å². The van der Waals surface area contributed by atoms with E-state index in [1.165, 1.54) is 0 Å². The van der Waals surface area contributed by atoms with Crippen LogP contribution in [0.1, 0.15) is 69.6 Å². The van der Waals surface area contributed by atoms with Gasteiger partial charge in [0.25, 0.3) is 0 Å². The smallest absolute Gasteiger partial charge is 0.346 e. The summed E-state index contributed by atoms with van der Waals surface area (Å²) >= 11 is 0. The van der Waals surface area contributed by atoms with Crippen molar-refractivity contribution in [3.05, 3.63) is 70.8 Å². The molecule has 1 heterocycles. The minimum atomic E-state index is -0.547. The Hall–Kier alpha value is -2.36. The molecular formula is C27H35FO3. The molecule has 0 bridgehead atoms. The van der Waals surface area contributed by atoms with Crippen molar-refractivity contribution < 1.29 is 13.5 Å². The molecule has 0 spiro atoms. The highest BCUT2D eigenvalue weighted by Gasteiger charge is 2.21. The molecule has 0 atom stereocenters. The van der Waals surface area contributed by atoms with Crippen LogP contribution in [0.3, 0.4) is 0 Å². The van der Waals surface area contributed by atoms with Gasteiger partial charge in [-0.2, -0.15) is 0 Å². The zero-order valence-electron chi connectivity index (χ0n) is 18.7. The number of ether oxygens (including phenoxy) is 1. The van der Waals surface area contributed by atoms with E-state index in [1.54, 1.807) is 12.3 Å². The summed E-state index contributed by atoms with van der Waals surface area (Å²) in [4.78, 5) is 12.4. The molecule has 1 fully saturated rings. The Morgan fingerprint density at radius 3 is 2.74 bits per heavy atom. The standard InChI is InChI=1S/C27H35FO3/c1-3-5-6-7-24-19-23-15-14-22(26(28)25(23)27(29)31-24)13-12-20-8-10-21(11-9-20)16-18-30-17-4-2/h4,14-16,18-21H,2-3,5-13,17H2,1H3/b18-16+. The maximum Gasteiger partial charge on any atom is 0.346 e. The van der Waals surface area contributed by atoms with E-state index >= 15 is 4.39 Å². The van der Waals surface area contributed by atoms with Gasteiger partial charge in [0.2, 0.25) is 0 Å². The number of benzene rings is 1. The quantitative estimate of drug-likeness (QED) is 0.218. The van der Waals surface area contributed by atoms with Gasteiger partial charge in [0.1, 0.15) is 23.6 Å². The van der Waals surface area contributed by atoms with Crippen LogP contribution in [0.2, 0.25) is 0 Å². The van der Waals surface area contributed by atoms with Gasteiger partial charge in [0.15, 0.2) is 0 Å². The Kier molecular flexibility index (Phi) is 8.93. The first-order chi connectivity index (χ1) is 15.1. The summed E-state index contributed by atoms with van der Waals surface area (Å²) in [6, 6.07) is 5.55. The van der Waals surface area contributed by atoms with E-state index in [0.29, 0.717) is 41.6 Å². The molecule has 1 aliphatic carbocycles. The summed E-state index contributed by atoms with van der Waals surface area (Å²) in [5.41, 5.74) is 0.0766. The Balaban J connectivity index is 1.57. The lowest BCUT2D eigenvalue weighted by molar-refractivity contribution is 0.270. The zero-order valence-corrected chi connectivity index (χ0v) is 18.7. The number of unbranched alkanes of at least 4 members (excludes halogenated alkanes) is 2. The Bertz CT molecular complexity index is 935. The molecule has 0 amide bonds. The van der Waals surface area contributed by atoms with Crippen molar-refractivity contribution in [2.24, 2.45) is 11.8 Å². The summed E-state index contributed by atoms with van der Waals surface area (Å²) in [7, 11) is 0. The number of aryl methyl sites for hydroxylation is 2. The van der Waals surface area contributed by atoms with Gasteiger partial charge in [-0.15, -0.1) is 0 Å². The first kappa shape index (κ1) is 23.3. The average Bonchev–Trinajstić information content (AvgIpc) is 2.77. The minimum absolute atomic E-state index is 0.102. The van der Waals surface area contributed by atoms with Gasteiger partial charge in [0, 0.05) is 6.42 Å². The molecule has 1 aliphatic rings. The van der Waals surface area contributed by atoms with Gasteiger partial charge in [-0.25, -0.2) is 9.18 Å². The minimum Gasteiger partial charge on any atom is -0.497 e. The second-order valence-electron chi connectivity index (χ2n) is 8.73. The van der Waals surface area contributed by atoms with Crippen LogP contribution < -0.4 is 5.63 Å². The van der Waals surface area contributed by atoms with E-state index in [9.17, 15) is 4.79 Å². The fourth-order valence-electron chi connectivity index (χ4n) is 4.52. The normalized spacial score (nSPS) is 19.2. The Labute approximate surface area is 185 Å². The van der Waals surface area contributed by atoms with E-state index in [0.717, 1.165) is 57.8 Å². The van der Waals surface area contributed by atoms with Crippen LogP contribution in [0.4, 0.5) is 4.39 Å². The van der Waals surface area contributed by atoms with Crippen LogP contribution in [0.5, 0.6) is 0 Å². The summed E-state index contributed by atoms with van der Waals surface area (Å²) in [6.45, 7) is 6.32. The number of rotatable bonds is 11. The predicted molar refractivity (Wildman–Crippen MR) is 125 cm³/mol. The lowest BCUT2D eigenvalue weighted by Crippen LogP contribution is -2.14. The summed E-state index contributed by atoms with van der Waals surface area (Å²) in [5, 5.41) is 0.750. The van der Waals surface area contributed by atoms with Gasteiger partial charge >= 0.3 is 5.63 Å². The van der Waals surface area contributed by atoms with Gasteiger partial charge < -0.3 is 9.15 Å². The molecule has 31 heavy (non-hydrogen) atoms. The topological polar surface area (TPSA) is 39.4 Å². The Morgan fingerprint density at radius 2 is 2.00 bits per heavy atom. The monoisotopic (exact) mass is 426 g/mol. The van der Waals surface area contributed by atoms with Crippen LogP contribution in [0.25, 0.3) is 10.8 Å². The molecule has 3 nitrogen and oxygen atoms in total. The highest BCUT2D eigenvalue weighted by atomic mass is 19.1. The molecule has 2 aromatic rings. The van der Waals surface area contributed by atoms with Crippen molar-refractivity contribution in [2.75, 3.05) is 6.61 Å². The highest BCUT2D eigenvalue weighted by molar-refractivity contribution is 5.82. The predicted octanol–water partition coefficient (Wildman–Crippen LogP) is 7.12. The van der Waals surface area contributed by atoms with E-state index in [-0.39, 0.29) is 5.39 Å². The maximum atomic E-state index is 15.1. The summed E-state index contributed by atoms with van der Waals surface area (Å²) < 4.78 is 25.8. The molecule has 0 radical (unpaired) electrons. The number of fused-ring (bicyclic) bond motifs is 1. The average molecular weight is 427 g/mol. The summed E-state index contributed by atoms with van der Waals surface area (Å²) in [6.07, 6.45) is 15.8. The largest absolute Gasteiger partial charge is 0.497 e. The van der Waals surface area contributed by atoms with Gasteiger partial charge in [-0.1, -0.05) is 44.6 Å². The fourth-order valence-corrected chi connectivity index (χ4v) is 4.52. The van der Waals surface area contributed by atoms with Crippen LogP contribution in [0.15, 0.2) is 52.4 Å². The van der Waals surface area contributed by atoms with Crippen LogP contribution in [-0.4, -0.2) is 6.61 Å². The molecule has 1 aromatic heterocycles. The van der Waals surface area contributed by atoms with E-state index in [1.807, 2.05) is 18.2 Å². The number of hydrogen-bond acceptors (Lipinski definition) is 3. The van der Waals surface area contributed by atoms with Crippen molar-refractivity contribution in [2.45, 2.75) is 71.1 Å². The first-order valence-electron chi connectivity index (χ1n) is 11.8. The molecule has 3 rings (SSSR count). The van der Waals surface area contributed by atoms with Crippen LogP contribution in [-0.2, 0) is 17.6 Å². The maximum absolute atomic E-state index is 15.1. The number of allylic oxidation sites excluding steroid dienone is 1. The zero-order chi connectivity index (χ0) is 22.1. The SMILES string of the molecule is C=CCO/C=C/C1CCC(CCc2ccc3cc(CCCCC)oc(=O)c3c2F)CC1. The van der Waals surface area contributed by atoms with Crippen LogP contribution >= 0.6 is 0 Å². The molecule has 1 aromatic carbocycles. The van der Waals surface area contributed by atoms with Crippen molar-refractivity contribution in [1.29, 1.82) is 0 Å². The first-order valence-corrected chi connectivity index (χ1v) is 11.8. The molecule has 1 saturated carbocycles. The fraction of sp³-hybridized carbons (Fsp3) is 0.519. The molecule has 4 heteroatoms. The molecular weight excluding hydrogens is 391 g/mol. The molecule has 0 aliphatic heterocycles. The molecule has 0 saturated heterocycles. The molecule has 0 unspecified atom stereocenters. The Morgan fingerprint density at radius 1 is 1.19 bits per heavy atom. The second-order valence-corrected chi connectivity index (χ2v) is 8.73. The number of hydrogen-bond donors (Lipinski definition) is 0. The lowest BCUT2D eigenvalue weighted by Gasteiger charge is -2.26. The molecule has 0 N–H and O–H groups in total. The third-order valence-corrected chi connectivity index (χ3v) is 6.40. The van der Waals surface area contributed by atoms with Gasteiger partial charge in [0.05, 0.1) is 6.26 Å². The van der Waals surface area contributed by atoms with E-state index < -0.39 is 11.4 Å². The highest BCUT2D eigenvalue weighted by Crippen LogP contribution is 2.33. The third-order valence-electron chi connectivity index (χ3n) is 6.40. The van der Waals surface area contributed by atoms with Gasteiger partial charge in [-0.05, 0) is 79.9 Å². The van der Waals surface area contributed by atoms with Crippen molar-refractivity contribution in [1.82, 2.24) is 0 Å². The van der Waals surface area contributed by atoms with Crippen molar-refractivity contribution >= 4 is 10.8 Å². The van der Waals surface area contributed by atoms with Crippen LogP contribution in [0, 0.1) is 17.7 Å². The molecule has 168 valence electrons. The summed E-state index contributed by atoms with van der Waals surface area (Å²) in [5.74, 6) is 1.42.